The first-order valence-corrected chi connectivity index (χ1v) is 7.09. The van der Waals surface area contributed by atoms with E-state index in [9.17, 15) is 9.18 Å². The number of carbonyl (C=O) groups excluding carboxylic acids is 1. The smallest absolute Gasteiger partial charge is 0.258 e. The summed E-state index contributed by atoms with van der Waals surface area (Å²) in [4.78, 5) is 11.7. The van der Waals surface area contributed by atoms with Crippen LogP contribution in [0.1, 0.15) is 31.2 Å². The van der Waals surface area contributed by atoms with E-state index in [0.29, 0.717) is 13.0 Å². The summed E-state index contributed by atoms with van der Waals surface area (Å²) >= 11 is 0. The Kier molecular flexibility index (Phi) is 5.35. The number of nitrogens with two attached hydrogens (primary N) is 1. The summed E-state index contributed by atoms with van der Waals surface area (Å²) in [5.41, 5.74) is 6.24. The molecular formula is C15H21FN2O2. The van der Waals surface area contributed by atoms with Crippen molar-refractivity contribution in [1.29, 1.82) is 0 Å². The molecule has 0 aliphatic heterocycles. The number of carbonyl (C=O) groups is 1. The van der Waals surface area contributed by atoms with Gasteiger partial charge in [-0.05, 0) is 43.5 Å². The highest BCUT2D eigenvalue weighted by atomic mass is 19.1. The number of ether oxygens (including phenoxy) is 1. The predicted molar refractivity (Wildman–Crippen MR) is 75.1 cm³/mol. The van der Waals surface area contributed by atoms with Crippen LogP contribution in [0.5, 0.6) is 5.75 Å². The molecule has 1 aromatic rings. The van der Waals surface area contributed by atoms with Crippen LogP contribution < -0.4 is 15.8 Å². The second-order valence-corrected chi connectivity index (χ2v) is 5.14. The van der Waals surface area contributed by atoms with Crippen LogP contribution >= 0.6 is 0 Å². The molecule has 0 heterocycles. The minimum Gasteiger partial charge on any atom is -0.481 e. The zero-order valence-corrected chi connectivity index (χ0v) is 11.5. The van der Waals surface area contributed by atoms with Crippen molar-refractivity contribution < 1.29 is 13.9 Å². The van der Waals surface area contributed by atoms with Gasteiger partial charge in [-0.25, -0.2) is 4.39 Å². The Hall–Kier alpha value is -1.62. The molecule has 1 aliphatic carbocycles. The fourth-order valence-corrected chi connectivity index (χ4v) is 2.47. The summed E-state index contributed by atoms with van der Waals surface area (Å²) in [7, 11) is 0. The van der Waals surface area contributed by atoms with Crippen LogP contribution in [0.2, 0.25) is 0 Å². The molecule has 1 saturated carbocycles. The molecule has 0 bridgehead atoms. The average molecular weight is 280 g/mol. The quantitative estimate of drug-likeness (QED) is 0.834. The summed E-state index contributed by atoms with van der Waals surface area (Å²) in [5.74, 6) is -0.542. The van der Waals surface area contributed by atoms with Gasteiger partial charge in [0.1, 0.15) is 0 Å². The van der Waals surface area contributed by atoms with Gasteiger partial charge in [0, 0.05) is 6.04 Å². The zero-order chi connectivity index (χ0) is 14.4. The summed E-state index contributed by atoms with van der Waals surface area (Å²) in [6.45, 7) is 0.326. The van der Waals surface area contributed by atoms with Gasteiger partial charge in [-0.3, -0.25) is 4.79 Å². The standard InChI is InChI=1S/C15H21FN2O2/c16-13-9-11(7-8-17)5-6-14(13)20-10-15(19)18-12-3-1-2-4-12/h5-6,9,12H,1-4,7-8,10,17H2,(H,18,19). The highest BCUT2D eigenvalue weighted by Crippen LogP contribution is 2.19. The van der Waals surface area contributed by atoms with E-state index in [-0.39, 0.29) is 24.3 Å². The second kappa shape index (κ2) is 7.24. The lowest BCUT2D eigenvalue weighted by molar-refractivity contribution is -0.123. The topological polar surface area (TPSA) is 64.3 Å². The molecule has 4 nitrogen and oxygen atoms in total. The summed E-state index contributed by atoms with van der Waals surface area (Å²) in [6, 6.07) is 4.96. The van der Waals surface area contributed by atoms with Crippen LogP contribution in [0.4, 0.5) is 4.39 Å². The Balaban J connectivity index is 1.82. The van der Waals surface area contributed by atoms with Gasteiger partial charge >= 0.3 is 0 Å². The van der Waals surface area contributed by atoms with E-state index >= 15 is 0 Å². The minimum atomic E-state index is -0.454. The van der Waals surface area contributed by atoms with E-state index in [1.165, 1.54) is 6.07 Å². The molecule has 1 aliphatic rings. The van der Waals surface area contributed by atoms with E-state index in [1.807, 2.05) is 0 Å². The number of amides is 1. The fraction of sp³-hybridized carbons (Fsp3) is 0.533. The number of benzene rings is 1. The molecule has 0 atom stereocenters. The average Bonchev–Trinajstić information content (AvgIpc) is 2.91. The molecule has 0 radical (unpaired) electrons. The monoisotopic (exact) mass is 280 g/mol. The molecular weight excluding hydrogens is 259 g/mol. The SMILES string of the molecule is NCCc1ccc(OCC(=O)NC2CCCC2)c(F)c1. The molecule has 20 heavy (non-hydrogen) atoms. The van der Waals surface area contributed by atoms with Gasteiger partial charge in [0.2, 0.25) is 0 Å². The summed E-state index contributed by atoms with van der Waals surface area (Å²) in [5, 5.41) is 2.90. The van der Waals surface area contributed by atoms with Crippen molar-refractivity contribution >= 4 is 5.91 Å². The normalized spacial score (nSPS) is 15.3. The second-order valence-electron chi connectivity index (χ2n) is 5.14. The van der Waals surface area contributed by atoms with E-state index in [4.69, 9.17) is 10.5 Å². The van der Waals surface area contributed by atoms with Gasteiger partial charge in [-0.2, -0.15) is 0 Å². The Labute approximate surface area is 118 Å². The lowest BCUT2D eigenvalue weighted by Gasteiger charge is -2.13. The van der Waals surface area contributed by atoms with E-state index in [1.54, 1.807) is 12.1 Å². The van der Waals surface area contributed by atoms with Gasteiger partial charge < -0.3 is 15.8 Å². The maximum absolute atomic E-state index is 13.7. The third kappa shape index (κ3) is 4.20. The van der Waals surface area contributed by atoms with Gasteiger partial charge in [0.15, 0.2) is 18.2 Å². The van der Waals surface area contributed by atoms with Gasteiger partial charge in [0.05, 0.1) is 0 Å². The van der Waals surface area contributed by atoms with Crippen molar-refractivity contribution in [2.75, 3.05) is 13.2 Å². The molecule has 1 aromatic carbocycles. The van der Waals surface area contributed by atoms with Crippen molar-refractivity contribution in [3.05, 3.63) is 29.6 Å². The first-order chi connectivity index (χ1) is 9.69. The molecule has 0 spiro atoms. The molecule has 5 heteroatoms. The van der Waals surface area contributed by atoms with Crippen molar-refractivity contribution in [2.24, 2.45) is 5.73 Å². The maximum atomic E-state index is 13.7. The van der Waals surface area contributed by atoms with Crippen LogP contribution in [0.15, 0.2) is 18.2 Å². The maximum Gasteiger partial charge on any atom is 0.258 e. The van der Waals surface area contributed by atoms with Crippen LogP contribution in [-0.4, -0.2) is 25.1 Å². The van der Waals surface area contributed by atoms with E-state index < -0.39 is 5.82 Å². The van der Waals surface area contributed by atoms with E-state index in [2.05, 4.69) is 5.32 Å². The summed E-state index contributed by atoms with van der Waals surface area (Å²) < 4.78 is 19.0. The highest BCUT2D eigenvalue weighted by molar-refractivity contribution is 5.77. The van der Waals surface area contributed by atoms with Crippen LogP contribution in [0.3, 0.4) is 0 Å². The molecule has 0 aromatic heterocycles. The highest BCUT2D eigenvalue weighted by Gasteiger charge is 2.17. The molecule has 1 fully saturated rings. The first-order valence-electron chi connectivity index (χ1n) is 7.09. The van der Waals surface area contributed by atoms with Gasteiger partial charge in [-0.15, -0.1) is 0 Å². The number of hydrogen-bond donors (Lipinski definition) is 2. The molecule has 3 N–H and O–H groups in total. The Morgan fingerprint density at radius 2 is 2.15 bits per heavy atom. The predicted octanol–water partition coefficient (Wildman–Crippen LogP) is 1.76. The zero-order valence-electron chi connectivity index (χ0n) is 11.5. The van der Waals surface area contributed by atoms with Crippen LogP contribution in [0, 0.1) is 5.82 Å². The molecule has 2 rings (SSSR count). The van der Waals surface area contributed by atoms with Gasteiger partial charge in [0.25, 0.3) is 5.91 Å². The van der Waals surface area contributed by atoms with Crippen molar-refractivity contribution in [1.82, 2.24) is 5.32 Å². The molecule has 0 saturated heterocycles. The number of rotatable bonds is 6. The third-order valence-corrected chi connectivity index (χ3v) is 3.51. The molecule has 110 valence electrons. The van der Waals surface area contributed by atoms with Gasteiger partial charge in [-0.1, -0.05) is 18.9 Å². The lowest BCUT2D eigenvalue weighted by atomic mass is 10.1. The van der Waals surface area contributed by atoms with Crippen molar-refractivity contribution in [3.8, 4) is 5.75 Å². The minimum absolute atomic E-state index is 0.104. The van der Waals surface area contributed by atoms with Crippen molar-refractivity contribution in [2.45, 2.75) is 38.1 Å². The summed E-state index contributed by atoms with van der Waals surface area (Å²) in [6.07, 6.45) is 4.98. The Morgan fingerprint density at radius 1 is 1.40 bits per heavy atom. The Bertz CT molecular complexity index is 459. The molecule has 1 amide bonds. The third-order valence-electron chi connectivity index (χ3n) is 3.51. The number of halogens is 1. The van der Waals surface area contributed by atoms with Crippen LogP contribution in [0.25, 0.3) is 0 Å². The number of nitrogens with one attached hydrogen (secondary N) is 1. The lowest BCUT2D eigenvalue weighted by Crippen LogP contribution is -2.36. The first kappa shape index (κ1) is 14.8. The largest absolute Gasteiger partial charge is 0.481 e. The molecule has 0 unspecified atom stereocenters. The Morgan fingerprint density at radius 3 is 2.80 bits per heavy atom. The van der Waals surface area contributed by atoms with Crippen LogP contribution in [-0.2, 0) is 11.2 Å². The van der Waals surface area contributed by atoms with Crippen molar-refractivity contribution in [3.63, 3.8) is 0 Å². The fourth-order valence-electron chi connectivity index (χ4n) is 2.47. The van der Waals surface area contributed by atoms with E-state index in [0.717, 1.165) is 31.2 Å². The number of hydrogen-bond acceptors (Lipinski definition) is 3.